The molecular weight excluding hydrogens is 400 g/mol. The van der Waals surface area contributed by atoms with Gasteiger partial charge in [-0.3, -0.25) is 9.69 Å². The Labute approximate surface area is 192 Å². The lowest BCUT2D eigenvalue weighted by Crippen LogP contribution is -2.52. The molecule has 0 saturated carbocycles. The van der Waals surface area contributed by atoms with E-state index in [0.29, 0.717) is 6.54 Å². The number of nitrogens with one attached hydrogen (secondary N) is 1. The molecule has 2 aromatic rings. The Morgan fingerprint density at radius 2 is 1.94 bits per heavy atom. The summed E-state index contributed by atoms with van der Waals surface area (Å²) in [6, 6.07) is 16.9. The van der Waals surface area contributed by atoms with E-state index in [2.05, 4.69) is 53.5 Å². The molecule has 4 rings (SSSR count). The molecular formula is C27H36N2O3. The van der Waals surface area contributed by atoms with Crippen LogP contribution in [0.4, 0.5) is 0 Å². The molecule has 0 aliphatic carbocycles. The van der Waals surface area contributed by atoms with Gasteiger partial charge in [0.25, 0.3) is 0 Å². The first kappa shape index (κ1) is 22.8. The molecule has 32 heavy (non-hydrogen) atoms. The SMILES string of the molecule is COc1ccc(C2(CNC(=O)C3CCCCN3Cc3cccc(C)c3)CCOCC2)cc1. The van der Waals surface area contributed by atoms with Crippen LogP contribution in [0.25, 0.3) is 0 Å². The first-order chi connectivity index (χ1) is 15.6. The van der Waals surface area contributed by atoms with E-state index in [0.717, 1.165) is 64.2 Å². The van der Waals surface area contributed by atoms with Gasteiger partial charge in [-0.15, -0.1) is 0 Å². The van der Waals surface area contributed by atoms with Gasteiger partial charge < -0.3 is 14.8 Å². The summed E-state index contributed by atoms with van der Waals surface area (Å²) in [5, 5.41) is 3.35. The van der Waals surface area contributed by atoms with Crippen molar-refractivity contribution in [2.45, 2.75) is 57.0 Å². The second-order valence-electron chi connectivity index (χ2n) is 9.31. The minimum absolute atomic E-state index is 0.0583. The summed E-state index contributed by atoms with van der Waals surface area (Å²) in [5.41, 5.74) is 3.71. The molecule has 2 saturated heterocycles. The highest BCUT2D eigenvalue weighted by atomic mass is 16.5. The van der Waals surface area contributed by atoms with Gasteiger partial charge in [0.2, 0.25) is 5.91 Å². The zero-order valence-corrected chi connectivity index (χ0v) is 19.4. The maximum Gasteiger partial charge on any atom is 0.237 e. The number of amides is 1. The van der Waals surface area contributed by atoms with Crippen molar-refractivity contribution in [3.63, 3.8) is 0 Å². The Morgan fingerprint density at radius 1 is 1.16 bits per heavy atom. The molecule has 2 fully saturated rings. The Bertz CT molecular complexity index is 890. The van der Waals surface area contributed by atoms with Gasteiger partial charge in [0, 0.05) is 31.7 Å². The van der Waals surface area contributed by atoms with E-state index in [1.54, 1.807) is 7.11 Å². The molecule has 1 atom stereocenters. The molecule has 1 N–H and O–H groups in total. The number of benzene rings is 2. The number of likely N-dealkylation sites (tertiary alicyclic amines) is 1. The van der Waals surface area contributed by atoms with E-state index >= 15 is 0 Å². The molecule has 2 aliphatic heterocycles. The first-order valence-corrected chi connectivity index (χ1v) is 11.9. The normalized spacial score (nSPS) is 21.1. The van der Waals surface area contributed by atoms with Crippen molar-refractivity contribution in [1.29, 1.82) is 0 Å². The second-order valence-corrected chi connectivity index (χ2v) is 9.31. The Kier molecular flexibility index (Phi) is 7.48. The van der Waals surface area contributed by atoms with E-state index in [1.807, 2.05) is 12.1 Å². The largest absolute Gasteiger partial charge is 0.497 e. The number of rotatable bonds is 7. The highest BCUT2D eigenvalue weighted by Crippen LogP contribution is 2.35. The van der Waals surface area contributed by atoms with E-state index in [9.17, 15) is 4.79 Å². The fraction of sp³-hybridized carbons (Fsp3) is 0.519. The third kappa shape index (κ3) is 5.33. The van der Waals surface area contributed by atoms with Crippen LogP contribution in [0.2, 0.25) is 0 Å². The Balaban J connectivity index is 1.45. The highest BCUT2D eigenvalue weighted by Gasteiger charge is 2.36. The third-order valence-corrected chi connectivity index (χ3v) is 7.14. The zero-order valence-electron chi connectivity index (χ0n) is 19.4. The van der Waals surface area contributed by atoms with Crippen LogP contribution in [-0.2, 0) is 21.5 Å². The lowest BCUT2D eigenvalue weighted by atomic mass is 9.74. The predicted molar refractivity (Wildman–Crippen MR) is 127 cm³/mol. The standard InChI is InChI=1S/C27H36N2O3/c1-21-6-5-7-22(18-21)19-29-15-4-3-8-25(29)26(30)28-20-27(13-16-32-17-14-27)23-9-11-24(31-2)12-10-23/h5-7,9-12,18,25H,3-4,8,13-17,19-20H2,1-2H3,(H,28,30). The third-order valence-electron chi connectivity index (χ3n) is 7.14. The van der Waals surface area contributed by atoms with Gasteiger partial charge in [0.15, 0.2) is 0 Å². The highest BCUT2D eigenvalue weighted by molar-refractivity contribution is 5.82. The number of carbonyl (C=O) groups excluding carboxylic acids is 1. The van der Waals surface area contributed by atoms with Gasteiger partial charge in [-0.05, 0) is 62.4 Å². The van der Waals surface area contributed by atoms with E-state index in [1.165, 1.54) is 16.7 Å². The summed E-state index contributed by atoms with van der Waals surface area (Å²) >= 11 is 0. The van der Waals surface area contributed by atoms with Gasteiger partial charge in [-0.2, -0.15) is 0 Å². The van der Waals surface area contributed by atoms with Crippen LogP contribution in [-0.4, -0.2) is 50.3 Å². The van der Waals surface area contributed by atoms with Crippen LogP contribution in [0.3, 0.4) is 0 Å². The molecule has 1 amide bonds. The average molecular weight is 437 g/mol. The van der Waals surface area contributed by atoms with E-state index < -0.39 is 0 Å². The van der Waals surface area contributed by atoms with Crippen LogP contribution in [0, 0.1) is 6.92 Å². The minimum Gasteiger partial charge on any atom is -0.497 e. The monoisotopic (exact) mass is 436 g/mol. The number of hydrogen-bond acceptors (Lipinski definition) is 4. The topological polar surface area (TPSA) is 50.8 Å². The molecule has 2 aromatic carbocycles. The summed E-state index contributed by atoms with van der Waals surface area (Å²) in [6.45, 7) is 6.03. The minimum atomic E-state index is -0.0871. The Morgan fingerprint density at radius 3 is 2.66 bits per heavy atom. The summed E-state index contributed by atoms with van der Waals surface area (Å²) in [6.07, 6.45) is 5.02. The molecule has 0 radical (unpaired) electrons. The van der Waals surface area contributed by atoms with Crippen molar-refractivity contribution < 1.29 is 14.3 Å². The smallest absolute Gasteiger partial charge is 0.237 e. The number of carbonyl (C=O) groups is 1. The van der Waals surface area contributed by atoms with Crippen molar-refractivity contribution in [2.24, 2.45) is 0 Å². The second kappa shape index (κ2) is 10.5. The summed E-state index contributed by atoms with van der Waals surface area (Å²) in [7, 11) is 1.69. The lowest BCUT2D eigenvalue weighted by Gasteiger charge is -2.39. The van der Waals surface area contributed by atoms with Gasteiger partial charge in [0.1, 0.15) is 5.75 Å². The maximum absolute atomic E-state index is 13.4. The fourth-order valence-electron chi connectivity index (χ4n) is 5.17. The molecule has 5 nitrogen and oxygen atoms in total. The number of nitrogens with zero attached hydrogens (tertiary/aromatic N) is 1. The number of piperidine rings is 1. The van der Waals surface area contributed by atoms with E-state index in [-0.39, 0.29) is 17.4 Å². The summed E-state index contributed by atoms with van der Waals surface area (Å²) < 4.78 is 11.0. The van der Waals surface area contributed by atoms with Crippen molar-refractivity contribution in [3.05, 3.63) is 65.2 Å². The molecule has 0 bridgehead atoms. The van der Waals surface area contributed by atoms with E-state index in [4.69, 9.17) is 9.47 Å². The molecule has 5 heteroatoms. The number of methoxy groups -OCH3 is 1. The van der Waals surface area contributed by atoms with Crippen LogP contribution in [0.1, 0.15) is 48.8 Å². The van der Waals surface area contributed by atoms with Crippen LogP contribution in [0.5, 0.6) is 5.75 Å². The summed E-state index contributed by atoms with van der Waals surface area (Å²) in [4.78, 5) is 15.7. The van der Waals surface area contributed by atoms with Crippen LogP contribution >= 0.6 is 0 Å². The Hall–Kier alpha value is -2.37. The molecule has 0 spiro atoms. The molecule has 172 valence electrons. The average Bonchev–Trinajstić information content (AvgIpc) is 2.83. The number of ether oxygens (including phenoxy) is 2. The fourth-order valence-corrected chi connectivity index (χ4v) is 5.17. The zero-order chi connectivity index (χ0) is 22.4. The first-order valence-electron chi connectivity index (χ1n) is 11.9. The summed E-state index contributed by atoms with van der Waals surface area (Å²) in [5.74, 6) is 1.02. The van der Waals surface area contributed by atoms with Crippen molar-refractivity contribution >= 4 is 5.91 Å². The molecule has 2 aliphatic rings. The lowest BCUT2D eigenvalue weighted by molar-refractivity contribution is -0.128. The van der Waals surface area contributed by atoms with Crippen molar-refractivity contribution in [3.8, 4) is 5.75 Å². The van der Waals surface area contributed by atoms with Crippen LogP contribution < -0.4 is 10.1 Å². The molecule has 2 heterocycles. The number of hydrogen-bond donors (Lipinski definition) is 1. The number of aryl methyl sites for hydroxylation is 1. The molecule has 1 unspecified atom stereocenters. The van der Waals surface area contributed by atoms with Crippen LogP contribution in [0.15, 0.2) is 48.5 Å². The van der Waals surface area contributed by atoms with Gasteiger partial charge in [-0.25, -0.2) is 0 Å². The van der Waals surface area contributed by atoms with Crippen molar-refractivity contribution in [1.82, 2.24) is 10.2 Å². The van der Waals surface area contributed by atoms with Crippen molar-refractivity contribution in [2.75, 3.05) is 33.4 Å². The van der Waals surface area contributed by atoms with Gasteiger partial charge in [-0.1, -0.05) is 48.4 Å². The predicted octanol–water partition coefficient (Wildman–Crippen LogP) is 4.22. The van der Waals surface area contributed by atoms with Gasteiger partial charge >= 0.3 is 0 Å². The quantitative estimate of drug-likeness (QED) is 0.706. The molecule has 0 aromatic heterocycles. The maximum atomic E-state index is 13.4. The van der Waals surface area contributed by atoms with Gasteiger partial charge in [0.05, 0.1) is 13.2 Å².